The Labute approximate surface area is 337 Å². The Morgan fingerprint density at radius 2 is 1.18 bits per heavy atom. The molecule has 0 spiro atoms. The van der Waals surface area contributed by atoms with Crippen molar-refractivity contribution in [3.63, 3.8) is 0 Å². The summed E-state index contributed by atoms with van der Waals surface area (Å²) in [4.78, 5) is 50.8. The molecule has 4 aromatic heterocycles. The zero-order chi connectivity index (χ0) is 33.6. The number of fused-ring (bicyclic) bond motifs is 2. The van der Waals surface area contributed by atoms with E-state index in [4.69, 9.17) is 8.42 Å². The number of carbonyl (C=O) groups excluding carboxylic acids is 3. The third-order valence-electron chi connectivity index (χ3n) is 5.72. The summed E-state index contributed by atoms with van der Waals surface area (Å²) in [6.07, 6.45) is 9.17. The topological polar surface area (TPSA) is 235 Å². The van der Waals surface area contributed by atoms with E-state index in [0.717, 1.165) is 0 Å². The average Bonchev–Trinajstić information content (AvgIpc) is 3.92. The number of para-hydroxylation sites is 2. The molecule has 1 radical (unpaired) electrons. The van der Waals surface area contributed by atoms with Gasteiger partial charge in [0.25, 0.3) is 5.69 Å². The van der Waals surface area contributed by atoms with Gasteiger partial charge in [-0.2, -0.15) is 9.36 Å². The van der Waals surface area contributed by atoms with Crippen LogP contribution in [0.25, 0.3) is 22.1 Å². The first kappa shape index (κ1) is 43.5. The quantitative estimate of drug-likeness (QED) is 0.0814. The first-order chi connectivity index (χ1) is 22.9. The minimum Gasteiger partial charge on any atom is -0.610 e. The number of non-ortho nitro benzene ring substituents is 1. The van der Waals surface area contributed by atoms with Crippen LogP contribution in [0.1, 0.15) is 0 Å². The minimum atomic E-state index is -1.08. The summed E-state index contributed by atoms with van der Waals surface area (Å²) in [7, 11) is 0. The molecule has 0 aliphatic carbocycles. The summed E-state index contributed by atoms with van der Waals surface area (Å²) in [5, 5.41) is 25.9. The predicted molar refractivity (Wildman–Crippen MR) is 161 cm³/mol. The number of thiol groups is 1. The number of benzene rings is 3. The predicted octanol–water partition coefficient (Wildman–Crippen LogP) is 2.81. The fourth-order valence-electron chi connectivity index (χ4n) is 3.67. The Bertz CT molecular complexity index is 2050. The molecular weight excluding hydrogens is 1100 g/mol. The number of imidazole rings is 2. The van der Waals surface area contributed by atoms with Gasteiger partial charge in [-0.3, -0.25) is 19.2 Å². The third kappa shape index (κ3) is 11.6. The maximum absolute atomic E-state index is 12.5. The molecule has 7 rings (SSSR count). The number of nitrogens with zero attached hydrogens (tertiary/aromatic N) is 11. The normalized spacial score (nSPS) is 9.36. The second-order valence-corrected chi connectivity index (χ2v) is 8.64. The molecule has 19 nitrogen and oxygen atoms in total. The van der Waals surface area contributed by atoms with Crippen LogP contribution >= 0.6 is 0 Å². The summed E-state index contributed by atoms with van der Waals surface area (Å²) >= 11 is -1.08. The van der Waals surface area contributed by atoms with Crippen LogP contribution < -0.4 is 4.74 Å². The van der Waals surface area contributed by atoms with Crippen LogP contribution in [0.15, 0.2) is 110 Å². The smallest absolute Gasteiger partial charge is 0.373 e. The van der Waals surface area contributed by atoms with E-state index in [1.54, 1.807) is 49.1 Å². The van der Waals surface area contributed by atoms with Gasteiger partial charge in [0, 0.05) is 112 Å². The number of hydrogen-bond donors (Lipinski definition) is 0. The Balaban J connectivity index is 0.000000367. The largest absolute Gasteiger partial charge is 0.610 e. The summed E-state index contributed by atoms with van der Waals surface area (Å²) in [5.41, 5.74) is 2.54. The molecule has 0 N–H and O–H groups in total. The van der Waals surface area contributed by atoms with Gasteiger partial charge < -0.3 is 17.9 Å². The van der Waals surface area contributed by atoms with Crippen molar-refractivity contribution in [1.82, 2.24) is 49.1 Å². The van der Waals surface area contributed by atoms with E-state index in [1.165, 1.54) is 61.9 Å². The van der Waals surface area contributed by atoms with Crippen molar-refractivity contribution in [2.45, 2.75) is 0 Å². The molecular formula is C27H19N11O8SW2Y-2. The zero-order valence-electron chi connectivity index (χ0n) is 24.9. The fourth-order valence-corrected chi connectivity index (χ4v) is 3.67. The van der Waals surface area contributed by atoms with Crippen LogP contribution in [0, 0.1) is 10.1 Å². The molecule has 0 aliphatic heterocycles. The zero-order valence-corrected chi connectivity index (χ0v) is 34.5. The number of aromatic nitrogens is 10. The van der Waals surface area contributed by atoms with E-state index in [-0.39, 0.29) is 92.3 Å². The Hall–Kier alpha value is -4.48. The van der Waals surface area contributed by atoms with Gasteiger partial charge >= 0.3 is 12.1 Å². The number of carbonyl (C=O) groups is 2. The van der Waals surface area contributed by atoms with E-state index < -0.39 is 22.5 Å². The SMILES string of the molecule is O=C(n1ccnc1)n1ccnc1.O=C(n1nnc2ccccc21)n1nnc2ccccc21.O=[C-]Oc1ccc([N+](=O)[O-])cc1.O=[SH-]=O.[W].[W].[Y]. The molecule has 0 fully saturated rings. The molecule has 4 heterocycles. The van der Waals surface area contributed by atoms with Gasteiger partial charge in [-0.05, 0) is 30.0 Å². The van der Waals surface area contributed by atoms with Crippen molar-refractivity contribution < 1.29 is 107 Å². The van der Waals surface area contributed by atoms with E-state index in [1.807, 2.05) is 24.3 Å². The Morgan fingerprint density at radius 3 is 1.56 bits per heavy atom. The average molecular weight is 1110 g/mol. The van der Waals surface area contributed by atoms with Crippen LogP contribution in [-0.2, 0) is 99.6 Å². The van der Waals surface area contributed by atoms with Gasteiger partial charge in [-0.15, -0.1) is 10.2 Å². The standard InChI is InChI=1S/C13H8N6O.C7H6N4O.C7H4NO4.HO2S.2W.Y/c20-13(18-11-7-3-1-5-9(11)14-16-18)19-12-8-4-2-6-10(12)15-17-19;12-7(10-3-1-8-5-10)11-4-2-9-6-11;9-5-12-7-3-1-6(2-4-7)8(10)11;1-3-2;;;/h1-8H;1-6H;1-4H;3H;;;/q;;2*-1;;;. The molecule has 0 aliphatic rings. The fraction of sp³-hybridized carbons (Fsp3) is 0. The maximum atomic E-state index is 12.5. The molecule has 0 atom stereocenters. The van der Waals surface area contributed by atoms with Crippen LogP contribution in [0.2, 0.25) is 0 Å². The summed E-state index contributed by atoms with van der Waals surface area (Å²) in [6, 6.07) is 19.0. The van der Waals surface area contributed by atoms with Crippen molar-refractivity contribution in [3.05, 3.63) is 120 Å². The van der Waals surface area contributed by atoms with Crippen LogP contribution in [0.5, 0.6) is 5.75 Å². The molecule has 7 aromatic rings. The molecule has 0 amide bonds. The van der Waals surface area contributed by atoms with E-state index >= 15 is 0 Å². The first-order valence-electron chi connectivity index (χ1n) is 12.8. The van der Waals surface area contributed by atoms with Crippen molar-refractivity contribution in [2.75, 3.05) is 0 Å². The van der Waals surface area contributed by atoms with Gasteiger partial charge in [-0.25, -0.2) is 19.6 Å². The number of hydrogen-bond acceptors (Lipinski definition) is 15. The molecule has 3 aromatic carbocycles. The number of ether oxygens (including phenoxy) is 1. The van der Waals surface area contributed by atoms with Gasteiger partial charge in [0.05, 0.1) is 16.0 Å². The van der Waals surface area contributed by atoms with E-state index in [9.17, 15) is 24.5 Å². The van der Waals surface area contributed by atoms with Crippen molar-refractivity contribution in [3.8, 4) is 5.75 Å². The first-order valence-corrected chi connectivity index (χ1v) is 13.5. The van der Waals surface area contributed by atoms with Crippen molar-refractivity contribution in [1.29, 1.82) is 0 Å². The van der Waals surface area contributed by atoms with E-state index in [2.05, 4.69) is 35.3 Å². The van der Waals surface area contributed by atoms with Gasteiger partial charge in [0.15, 0.2) is 6.47 Å². The monoisotopic (exact) mass is 1110 g/mol. The molecule has 0 bridgehead atoms. The summed E-state index contributed by atoms with van der Waals surface area (Å²) in [6.45, 7) is 1.21. The summed E-state index contributed by atoms with van der Waals surface area (Å²) < 4.78 is 26.2. The molecule has 253 valence electrons. The molecule has 0 saturated heterocycles. The third-order valence-corrected chi connectivity index (χ3v) is 5.72. The number of nitro groups is 1. The van der Waals surface area contributed by atoms with Gasteiger partial charge in [0.1, 0.15) is 23.7 Å². The van der Waals surface area contributed by atoms with Crippen molar-refractivity contribution in [2.24, 2.45) is 0 Å². The second kappa shape index (κ2) is 22.3. The van der Waals surface area contributed by atoms with Gasteiger partial charge in [0.2, 0.25) is 0 Å². The Morgan fingerprint density at radius 1 is 0.740 bits per heavy atom. The summed E-state index contributed by atoms with van der Waals surface area (Å²) in [5.74, 6) is 0.232. The van der Waals surface area contributed by atoms with Crippen LogP contribution in [0.4, 0.5) is 15.3 Å². The van der Waals surface area contributed by atoms with Gasteiger partial charge in [-0.1, -0.05) is 58.4 Å². The van der Waals surface area contributed by atoms with Crippen LogP contribution in [0.3, 0.4) is 0 Å². The number of nitro benzene ring substituents is 1. The van der Waals surface area contributed by atoms with Crippen molar-refractivity contribution >= 4 is 57.9 Å². The Kier molecular flexibility index (Phi) is 19.4. The molecule has 0 saturated carbocycles. The minimum absolute atomic E-state index is 0. The second-order valence-electron chi connectivity index (χ2n) is 8.50. The van der Waals surface area contributed by atoms with Crippen LogP contribution in [-0.4, -0.2) is 72.5 Å². The van der Waals surface area contributed by atoms with E-state index in [0.29, 0.717) is 22.1 Å². The molecule has 0 unspecified atom stereocenters. The molecule has 23 heteroatoms. The maximum Gasteiger partial charge on any atom is 0.373 e. The molecule has 50 heavy (non-hydrogen) atoms. The number of rotatable bonds is 3.